The number of hydrogen-bond donors (Lipinski definition) is 1. The van der Waals surface area contributed by atoms with Gasteiger partial charge in [0.1, 0.15) is 5.82 Å². The van der Waals surface area contributed by atoms with Crippen molar-refractivity contribution in [1.29, 1.82) is 0 Å². The SMILES string of the molecule is OCCOCCCCCCCCCCCCCCc1ccc(F)cc1. The van der Waals surface area contributed by atoms with Crippen LogP contribution in [0.1, 0.15) is 82.6 Å². The van der Waals surface area contributed by atoms with Crippen LogP contribution < -0.4 is 0 Å². The fraction of sp³-hybridized carbons (Fsp3) is 0.727. The van der Waals surface area contributed by atoms with Gasteiger partial charge in [-0.05, 0) is 37.0 Å². The van der Waals surface area contributed by atoms with Crippen LogP contribution in [0.4, 0.5) is 4.39 Å². The van der Waals surface area contributed by atoms with Crippen molar-refractivity contribution in [2.24, 2.45) is 0 Å². The van der Waals surface area contributed by atoms with Gasteiger partial charge in [0.2, 0.25) is 0 Å². The van der Waals surface area contributed by atoms with E-state index in [9.17, 15) is 4.39 Å². The molecule has 0 aliphatic carbocycles. The van der Waals surface area contributed by atoms with Crippen molar-refractivity contribution in [3.05, 3.63) is 35.6 Å². The predicted molar refractivity (Wildman–Crippen MR) is 103 cm³/mol. The minimum absolute atomic E-state index is 0.133. The molecular formula is C22H37FO2. The highest BCUT2D eigenvalue weighted by Crippen LogP contribution is 2.13. The number of benzene rings is 1. The zero-order chi connectivity index (χ0) is 18.0. The van der Waals surface area contributed by atoms with Crippen molar-refractivity contribution < 1.29 is 14.2 Å². The van der Waals surface area contributed by atoms with Crippen LogP contribution in [0, 0.1) is 5.82 Å². The molecule has 0 unspecified atom stereocenters. The smallest absolute Gasteiger partial charge is 0.123 e. The Bertz CT molecular complexity index is 392. The summed E-state index contributed by atoms with van der Waals surface area (Å²) < 4.78 is 18.1. The molecule has 1 aromatic carbocycles. The zero-order valence-corrected chi connectivity index (χ0v) is 15.9. The van der Waals surface area contributed by atoms with Gasteiger partial charge in [-0.3, -0.25) is 0 Å². The van der Waals surface area contributed by atoms with E-state index in [0.29, 0.717) is 6.61 Å². The molecule has 1 rings (SSSR count). The van der Waals surface area contributed by atoms with E-state index in [4.69, 9.17) is 9.84 Å². The van der Waals surface area contributed by atoms with Gasteiger partial charge in [-0.1, -0.05) is 76.3 Å². The summed E-state index contributed by atoms with van der Waals surface area (Å²) in [5.41, 5.74) is 1.25. The number of unbranched alkanes of at least 4 members (excludes halogenated alkanes) is 11. The van der Waals surface area contributed by atoms with Crippen molar-refractivity contribution in [1.82, 2.24) is 0 Å². The summed E-state index contributed by atoms with van der Waals surface area (Å²) in [6.45, 7) is 1.40. The molecule has 0 aliphatic rings. The highest BCUT2D eigenvalue weighted by Gasteiger charge is 1.96. The van der Waals surface area contributed by atoms with Gasteiger partial charge in [-0.15, -0.1) is 0 Å². The first-order chi connectivity index (χ1) is 12.3. The molecule has 0 radical (unpaired) electrons. The first kappa shape index (κ1) is 22.1. The third-order valence-electron chi connectivity index (χ3n) is 4.65. The molecule has 1 aromatic rings. The summed E-state index contributed by atoms with van der Waals surface area (Å²) in [5.74, 6) is -0.143. The average molecular weight is 353 g/mol. The molecule has 0 bridgehead atoms. The quantitative estimate of drug-likeness (QED) is 0.345. The van der Waals surface area contributed by atoms with Gasteiger partial charge in [0.05, 0.1) is 13.2 Å². The maximum absolute atomic E-state index is 12.8. The average Bonchev–Trinajstić information content (AvgIpc) is 2.63. The standard InChI is InChI=1S/C22H37FO2/c23-22-16-14-21(15-17-22)13-11-9-7-5-3-1-2-4-6-8-10-12-19-25-20-18-24/h14-17,24H,1-13,18-20H2. The monoisotopic (exact) mass is 352 g/mol. The molecular weight excluding hydrogens is 315 g/mol. The van der Waals surface area contributed by atoms with Gasteiger partial charge < -0.3 is 9.84 Å². The summed E-state index contributed by atoms with van der Waals surface area (Å²) in [5, 5.41) is 8.59. The lowest BCUT2D eigenvalue weighted by molar-refractivity contribution is 0.0895. The van der Waals surface area contributed by atoms with Gasteiger partial charge in [-0.2, -0.15) is 0 Å². The van der Waals surface area contributed by atoms with Gasteiger partial charge in [0, 0.05) is 6.61 Å². The minimum atomic E-state index is -0.143. The molecule has 25 heavy (non-hydrogen) atoms. The maximum Gasteiger partial charge on any atom is 0.123 e. The number of aliphatic hydroxyl groups is 1. The van der Waals surface area contributed by atoms with Gasteiger partial charge in [0.15, 0.2) is 0 Å². The second-order valence-electron chi connectivity index (χ2n) is 6.96. The van der Waals surface area contributed by atoms with E-state index in [1.165, 1.54) is 76.2 Å². The Morgan fingerprint density at radius 2 is 1.12 bits per heavy atom. The first-order valence-electron chi connectivity index (χ1n) is 10.3. The highest BCUT2D eigenvalue weighted by atomic mass is 19.1. The Labute approximate surface area is 153 Å². The fourth-order valence-corrected chi connectivity index (χ4v) is 3.12. The second-order valence-corrected chi connectivity index (χ2v) is 6.96. The lowest BCUT2D eigenvalue weighted by Gasteiger charge is -2.04. The number of rotatable bonds is 17. The molecule has 0 heterocycles. The Balaban J connectivity index is 1.74. The number of halogens is 1. The van der Waals surface area contributed by atoms with E-state index >= 15 is 0 Å². The van der Waals surface area contributed by atoms with Crippen molar-refractivity contribution >= 4 is 0 Å². The number of ether oxygens (including phenoxy) is 1. The lowest BCUT2D eigenvalue weighted by atomic mass is 10.0. The predicted octanol–water partition coefficient (Wildman–Crippen LogP) is 6.06. The molecule has 2 nitrogen and oxygen atoms in total. The Morgan fingerprint density at radius 3 is 1.64 bits per heavy atom. The van der Waals surface area contributed by atoms with Crippen LogP contribution in [0.15, 0.2) is 24.3 Å². The summed E-state index contributed by atoms with van der Waals surface area (Å²) in [6, 6.07) is 6.91. The van der Waals surface area contributed by atoms with Gasteiger partial charge >= 0.3 is 0 Å². The van der Waals surface area contributed by atoms with Crippen LogP contribution >= 0.6 is 0 Å². The molecule has 0 aliphatic heterocycles. The molecule has 1 N–H and O–H groups in total. The van der Waals surface area contributed by atoms with Crippen LogP contribution in [-0.4, -0.2) is 24.9 Å². The fourth-order valence-electron chi connectivity index (χ4n) is 3.12. The maximum atomic E-state index is 12.8. The van der Waals surface area contributed by atoms with E-state index in [0.717, 1.165) is 19.4 Å². The molecule has 144 valence electrons. The van der Waals surface area contributed by atoms with E-state index < -0.39 is 0 Å². The molecule has 0 spiro atoms. The normalized spacial score (nSPS) is 11.1. The Kier molecular flexibility index (Phi) is 14.6. The second kappa shape index (κ2) is 16.5. The Morgan fingerprint density at radius 1 is 0.640 bits per heavy atom. The zero-order valence-electron chi connectivity index (χ0n) is 15.9. The largest absolute Gasteiger partial charge is 0.394 e. The van der Waals surface area contributed by atoms with Crippen LogP contribution in [0.25, 0.3) is 0 Å². The topological polar surface area (TPSA) is 29.5 Å². The van der Waals surface area contributed by atoms with Crippen LogP contribution in [0.3, 0.4) is 0 Å². The highest BCUT2D eigenvalue weighted by molar-refractivity contribution is 5.15. The first-order valence-corrected chi connectivity index (χ1v) is 10.3. The minimum Gasteiger partial charge on any atom is -0.394 e. The molecule has 0 atom stereocenters. The summed E-state index contributed by atoms with van der Waals surface area (Å²) in [7, 11) is 0. The summed E-state index contributed by atoms with van der Waals surface area (Å²) in [6.07, 6.45) is 16.8. The molecule has 0 saturated carbocycles. The van der Waals surface area contributed by atoms with E-state index in [1.807, 2.05) is 12.1 Å². The van der Waals surface area contributed by atoms with Crippen molar-refractivity contribution in [3.63, 3.8) is 0 Å². The number of aryl methyl sites for hydroxylation is 1. The van der Waals surface area contributed by atoms with Crippen LogP contribution in [-0.2, 0) is 11.2 Å². The van der Waals surface area contributed by atoms with Crippen molar-refractivity contribution in [2.45, 2.75) is 83.5 Å². The molecule has 0 aromatic heterocycles. The molecule has 0 fully saturated rings. The number of aliphatic hydroxyl groups excluding tert-OH is 1. The van der Waals surface area contributed by atoms with Gasteiger partial charge in [0.25, 0.3) is 0 Å². The molecule has 0 saturated heterocycles. The summed E-state index contributed by atoms with van der Waals surface area (Å²) >= 11 is 0. The van der Waals surface area contributed by atoms with Crippen LogP contribution in [0.5, 0.6) is 0 Å². The van der Waals surface area contributed by atoms with Crippen LogP contribution in [0.2, 0.25) is 0 Å². The lowest BCUT2D eigenvalue weighted by Crippen LogP contribution is -2.00. The van der Waals surface area contributed by atoms with E-state index in [2.05, 4.69) is 0 Å². The third-order valence-corrected chi connectivity index (χ3v) is 4.65. The number of hydrogen-bond acceptors (Lipinski definition) is 2. The van der Waals surface area contributed by atoms with E-state index in [1.54, 1.807) is 12.1 Å². The van der Waals surface area contributed by atoms with Gasteiger partial charge in [-0.25, -0.2) is 4.39 Å². The van der Waals surface area contributed by atoms with E-state index in [-0.39, 0.29) is 12.4 Å². The molecule has 3 heteroatoms. The summed E-state index contributed by atoms with van der Waals surface area (Å²) in [4.78, 5) is 0. The Hall–Kier alpha value is -0.930. The van der Waals surface area contributed by atoms with Crippen molar-refractivity contribution in [3.8, 4) is 0 Å². The third kappa shape index (κ3) is 14.0. The molecule has 0 amide bonds. The van der Waals surface area contributed by atoms with Crippen molar-refractivity contribution in [2.75, 3.05) is 19.8 Å².